The number of nitrogens with zero attached hydrogens (tertiary/aromatic N) is 1. The average molecular weight is 258 g/mol. The maximum atomic E-state index is 12.1. The fraction of sp³-hybridized carbons (Fsp3) is 0.333. The van der Waals surface area contributed by atoms with Gasteiger partial charge in [0.15, 0.2) is 0 Å². The Balaban J connectivity index is 2.36. The molecule has 0 spiro atoms. The zero-order valence-electron chi connectivity index (χ0n) is 10.0. The molecule has 2 rings (SSSR count). The summed E-state index contributed by atoms with van der Waals surface area (Å²) < 4.78 is 40.3. The minimum Gasteiger partial charge on any atom is -0.406 e. The molecular weight excluding hydrogens is 245 g/mol. The van der Waals surface area contributed by atoms with Gasteiger partial charge in [-0.2, -0.15) is 0 Å². The summed E-state index contributed by atoms with van der Waals surface area (Å²) >= 11 is 0. The van der Waals surface area contributed by atoms with E-state index in [4.69, 9.17) is 0 Å². The van der Waals surface area contributed by atoms with Crippen molar-refractivity contribution in [3.63, 3.8) is 0 Å². The fourth-order valence-corrected chi connectivity index (χ4v) is 1.83. The van der Waals surface area contributed by atoms with Crippen LogP contribution in [-0.2, 0) is 6.54 Å². The van der Waals surface area contributed by atoms with Crippen molar-refractivity contribution in [1.82, 2.24) is 9.88 Å². The number of fused-ring (bicyclic) bond motifs is 1. The van der Waals surface area contributed by atoms with E-state index >= 15 is 0 Å². The number of ether oxygens (including phenoxy) is 1. The van der Waals surface area contributed by atoms with Crippen LogP contribution in [0, 0.1) is 0 Å². The molecule has 0 atom stereocenters. The molecule has 0 bridgehead atoms. The first kappa shape index (κ1) is 12.8. The number of alkyl halides is 3. The summed E-state index contributed by atoms with van der Waals surface area (Å²) in [6.45, 7) is 0.648. The molecule has 0 radical (unpaired) electrons. The van der Waals surface area contributed by atoms with Crippen LogP contribution in [0.4, 0.5) is 13.2 Å². The van der Waals surface area contributed by atoms with E-state index in [0.717, 1.165) is 16.5 Å². The molecule has 6 heteroatoms. The maximum Gasteiger partial charge on any atom is 0.573 e. The van der Waals surface area contributed by atoms with E-state index in [9.17, 15) is 13.2 Å². The molecule has 3 nitrogen and oxygen atoms in total. The van der Waals surface area contributed by atoms with E-state index in [1.807, 2.05) is 19.0 Å². The molecule has 98 valence electrons. The first-order valence-corrected chi connectivity index (χ1v) is 5.35. The number of rotatable bonds is 3. The van der Waals surface area contributed by atoms with Crippen molar-refractivity contribution in [3.05, 3.63) is 30.0 Å². The fourth-order valence-electron chi connectivity index (χ4n) is 1.83. The molecule has 0 saturated carbocycles. The van der Waals surface area contributed by atoms with Crippen molar-refractivity contribution in [1.29, 1.82) is 0 Å². The van der Waals surface area contributed by atoms with Crippen molar-refractivity contribution < 1.29 is 17.9 Å². The van der Waals surface area contributed by atoms with Crippen LogP contribution in [0.15, 0.2) is 24.4 Å². The molecular formula is C12H13F3N2O. The average Bonchev–Trinajstić information content (AvgIpc) is 2.58. The Hall–Kier alpha value is -1.69. The van der Waals surface area contributed by atoms with Gasteiger partial charge in [0.05, 0.1) is 0 Å². The van der Waals surface area contributed by atoms with Crippen LogP contribution in [0.3, 0.4) is 0 Å². The number of benzene rings is 1. The molecule has 0 unspecified atom stereocenters. The highest BCUT2D eigenvalue weighted by atomic mass is 19.4. The Kier molecular flexibility index (Phi) is 3.21. The van der Waals surface area contributed by atoms with E-state index in [2.05, 4.69) is 9.72 Å². The zero-order chi connectivity index (χ0) is 13.3. The Bertz CT molecular complexity index is 546. The van der Waals surface area contributed by atoms with Crippen molar-refractivity contribution in [3.8, 4) is 5.75 Å². The van der Waals surface area contributed by atoms with Crippen molar-refractivity contribution in [2.45, 2.75) is 12.9 Å². The molecule has 0 aliphatic rings. The second kappa shape index (κ2) is 4.53. The van der Waals surface area contributed by atoms with Crippen LogP contribution >= 0.6 is 0 Å². The molecule has 0 saturated heterocycles. The lowest BCUT2D eigenvalue weighted by atomic mass is 10.1. The molecule has 0 amide bonds. The number of aromatic nitrogens is 1. The third-order valence-corrected chi connectivity index (χ3v) is 2.46. The van der Waals surface area contributed by atoms with Gasteiger partial charge in [-0.15, -0.1) is 13.2 Å². The van der Waals surface area contributed by atoms with Gasteiger partial charge in [-0.3, -0.25) is 0 Å². The number of H-pyrrole nitrogens is 1. The molecule has 1 N–H and O–H groups in total. The summed E-state index contributed by atoms with van der Waals surface area (Å²) in [5.41, 5.74) is 1.73. The Morgan fingerprint density at radius 1 is 1.28 bits per heavy atom. The molecule has 0 aliphatic carbocycles. The minimum absolute atomic E-state index is 0.199. The lowest BCUT2D eigenvalue weighted by Gasteiger charge is -2.10. The lowest BCUT2D eigenvalue weighted by molar-refractivity contribution is -0.274. The predicted octanol–water partition coefficient (Wildman–Crippen LogP) is 3.13. The van der Waals surface area contributed by atoms with E-state index in [0.29, 0.717) is 6.54 Å². The van der Waals surface area contributed by atoms with Crippen LogP contribution < -0.4 is 4.74 Å². The molecule has 18 heavy (non-hydrogen) atoms. The lowest BCUT2D eigenvalue weighted by Crippen LogP contribution is -2.17. The topological polar surface area (TPSA) is 28.3 Å². The molecule has 1 heterocycles. The van der Waals surface area contributed by atoms with E-state index in [1.54, 1.807) is 12.3 Å². The number of nitrogens with one attached hydrogen (secondary N) is 1. The van der Waals surface area contributed by atoms with Crippen LogP contribution in [0.2, 0.25) is 0 Å². The van der Waals surface area contributed by atoms with Gasteiger partial charge in [-0.1, -0.05) is 0 Å². The van der Waals surface area contributed by atoms with Crippen LogP contribution in [-0.4, -0.2) is 30.3 Å². The molecule has 1 aromatic carbocycles. The van der Waals surface area contributed by atoms with Gasteiger partial charge in [0, 0.05) is 23.6 Å². The Labute approximate surface area is 102 Å². The standard InChI is InChI=1S/C12H13F3N2O/c1-17(2)7-8-6-16-11-4-3-9(5-10(8)11)18-12(13,14)15/h3-6,16H,7H2,1-2H3. The summed E-state index contributed by atoms with van der Waals surface area (Å²) in [5, 5.41) is 0.741. The van der Waals surface area contributed by atoms with Crippen molar-refractivity contribution in [2.24, 2.45) is 0 Å². The summed E-state index contributed by atoms with van der Waals surface area (Å²) in [7, 11) is 3.80. The molecule has 1 aromatic heterocycles. The summed E-state index contributed by atoms with van der Waals surface area (Å²) in [5.74, 6) is -0.199. The smallest absolute Gasteiger partial charge is 0.406 e. The monoisotopic (exact) mass is 258 g/mol. The van der Waals surface area contributed by atoms with Crippen molar-refractivity contribution in [2.75, 3.05) is 14.1 Å². The van der Waals surface area contributed by atoms with Gasteiger partial charge in [-0.25, -0.2) is 0 Å². The van der Waals surface area contributed by atoms with Gasteiger partial charge in [0.1, 0.15) is 5.75 Å². The number of halogens is 3. The van der Waals surface area contributed by atoms with Gasteiger partial charge < -0.3 is 14.6 Å². The van der Waals surface area contributed by atoms with Crippen LogP contribution in [0.25, 0.3) is 10.9 Å². The third-order valence-electron chi connectivity index (χ3n) is 2.46. The highest BCUT2D eigenvalue weighted by Crippen LogP contribution is 2.28. The maximum absolute atomic E-state index is 12.1. The SMILES string of the molecule is CN(C)Cc1c[nH]c2ccc(OC(F)(F)F)cc12. The summed E-state index contributed by atoms with van der Waals surface area (Å²) in [4.78, 5) is 4.96. The second-order valence-corrected chi connectivity index (χ2v) is 4.31. The Morgan fingerprint density at radius 3 is 2.61 bits per heavy atom. The molecule has 2 aromatic rings. The molecule has 0 fully saturated rings. The first-order valence-electron chi connectivity index (χ1n) is 5.35. The summed E-state index contributed by atoms with van der Waals surface area (Å²) in [6.07, 6.45) is -2.87. The second-order valence-electron chi connectivity index (χ2n) is 4.31. The third kappa shape index (κ3) is 2.95. The molecule has 0 aliphatic heterocycles. The predicted molar refractivity (Wildman–Crippen MR) is 62.4 cm³/mol. The normalized spacial score (nSPS) is 12.3. The van der Waals surface area contributed by atoms with Gasteiger partial charge in [-0.05, 0) is 37.9 Å². The van der Waals surface area contributed by atoms with Crippen molar-refractivity contribution >= 4 is 10.9 Å². The van der Waals surface area contributed by atoms with Gasteiger partial charge in [0.25, 0.3) is 0 Å². The van der Waals surface area contributed by atoms with Gasteiger partial charge >= 0.3 is 6.36 Å². The number of hydrogen-bond acceptors (Lipinski definition) is 2. The Morgan fingerprint density at radius 2 is 2.00 bits per heavy atom. The highest BCUT2D eigenvalue weighted by molar-refractivity contribution is 5.84. The van der Waals surface area contributed by atoms with Gasteiger partial charge in [0.2, 0.25) is 0 Å². The highest BCUT2D eigenvalue weighted by Gasteiger charge is 2.31. The number of hydrogen-bond donors (Lipinski definition) is 1. The van der Waals surface area contributed by atoms with E-state index < -0.39 is 6.36 Å². The summed E-state index contributed by atoms with van der Waals surface area (Å²) in [6, 6.07) is 4.28. The van der Waals surface area contributed by atoms with E-state index in [-0.39, 0.29) is 5.75 Å². The minimum atomic E-state index is -4.66. The van der Waals surface area contributed by atoms with Crippen LogP contribution in [0.1, 0.15) is 5.56 Å². The largest absolute Gasteiger partial charge is 0.573 e. The quantitative estimate of drug-likeness (QED) is 0.916. The van der Waals surface area contributed by atoms with Crippen LogP contribution in [0.5, 0.6) is 5.75 Å². The zero-order valence-corrected chi connectivity index (χ0v) is 10.0. The number of aromatic amines is 1. The van der Waals surface area contributed by atoms with E-state index in [1.165, 1.54) is 12.1 Å². The first-order chi connectivity index (χ1) is 8.35.